The summed E-state index contributed by atoms with van der Waals surface area (Å²) >= 11 is 0. The zero-order valence-corrected chi connectivity index (χ0v) is 22.7. The van der Waals surface area contributed by atoms with Crippen LogP contribution in [0.4, 0.5) is 22.0 Å². The first-order valence-corrected chi connectivity index (χ1v) is 13.2. The lowest BCUT2D eigenvalue weighted by Crippen LogP contribution is -2.38. The van der Waals surface area contributed by atoms with Crippen LogP contribution in [0.5, 0.6) is 0 Å². The van der Waals surface area contributed by atoms with E-state index in [0.29, 0.717) is 24.2 Å². The van der Waals surface area contributed by atoms with E-state index in [4.69, 9.17) is 9.72 Å². The van der Waals surface area contributed by atoms with E-state index in [-0.39, 0.29) is 5.91 Å². The van der Waals surface area contributed by atoms with E-state index in [0.717, 1.165) is 48.8 Å². The molecule has 2 aromatic heterocycles. The molecule has 0 bridgehead atoms. The summed E-state index contributed by atoms with van der Waals surface area (Å²) in [4.78, 5) is 39.2. The Hall–Kier alpha value is -3.94. The second-order valence-electron chi connectivity index (χ2n) is 10.6. The average molecular weight is 516 g/mol. The van der Waals surface area contributed by atoms with Crippen LogP contribution in [0, 0.1) is 6.92 Å². The van der Waals surface area contributed by atoms with Gasteiger partial charge in [-0.1, -0.05) is 18.2 Å². The number of nitrogens with zero attached hydrogens (tertiary/aromatic N) is 4. The zero-order chi connectivity index (χ0) is 27.1. The van der Waals surface area contributed by atoms with Crippen LogP contribution in [0.2, 0.25) is 0 Å². The Bertz CT molecular complexity index is 1250. The van der Waals surface area contributed by atoms with Crippen LogP contribution in [-0.4, -0.2) is 47.2 Å². The maximum atomic E-state index is 13.3. The van der Waals surface area contributed by atoms with Gasteiger partial charge in [0.05, 0.1) is 5.56 Å². The standard InChI is InChI=1S/C30H37N5O3/c1-22-13-14-26(27(32-22)34-18-9-6-10-19-34)28(36)33-24-15-17-31-23(21-24)16-20-35(25-11-7-5-8-12-25)29(37)38-30(2,3)4/h5,7-8,11-15,17,21H,6,9-10,16,18-20H2,1-4H3,(H,31,33,36). The second kappa shape index (κ2) is 12.1. The molecule has 1 aromatic carbocycles. The lowest BCUT2D eigenvalue weighted by atomic mass is 10.1. The maximum absolute atomic E-state index is 13.3. The molecule has 1 fully saturated rings. The Morgan fingerprint density at radius 1 is 1.03 bits per heavy atom. The highest BCUT2D eigenvalue weighted by atomic mass is 16.6. The first kappa shape index (κ1) is 27.1. The highest BCUT2D eigenvalue weighted by Crippen LogP contribution is 2.24. The third-order valence-corrected chi connectivity index (χ3v) is 6.26. The highest BCUT2D eigenvalue weighted by molar-refractivity contribution is 6.07. The Morgan fingerprint density at radius 3 is 2.47 bits per heavy atom. The van der Waals surface area contributed by atoms with Gasteiger partial charge in [-0.05, 0) is 83.4 Å². The molecule has 3 heterocycles. The van der Waals surface area contributed by atoms with Gasteiger partial charge in [0.1, 0.15) is 11.4 Å². The number of hydrogen-bond acceptors (Lipinski definition) is 6. The number of carbonyl (C=O) groups excluding carboxylic acids is 2. The minimum Gasteiger partial charge on any atom is -0.443 e. The van der Waals surface area contributed by atoms with E-state index in [9.17, 15) is 9.59 Å². The van der Waals surface area contributed by atoms with Gasteiger partial charge in [-0.15, -0.1) is 0 Å². The zero-order valence-electron chi connectivity index (χ0n) is 22.7. The monoisotopic (exact) mass is 515 g/mol. The summed E-state index contributed by atoms with van der Waals surface area (Å²) in [6.07, 6.45) is 5.17. The van der Waals surface area contributed by atoms with Crippen molar-refractivity contribution >= 4 is 29.2 Å². The number of nitrogens with one attached hydrogen (secondary N) is 1. The highest BCUT2D eigenvalue weighted by Gasteiger charge is 2.24. The van der Waals surface area contributed by atoms with Gasteiger partial charge in [-0.2, -0.15) is 0 Å². The molecule has 1 N–H and O–H groups in total. The number of ether oxygens (including phenoxy) is 1. The number of hydrogen-bond donors (Lipinski definition) is 1. The van der Waals surface area contributed by atoms with Crippen LogP contribution in [0.15, 0.2) is 60.8 Å². The molecule has 0 radical (unpaired) electrons. The SMILES string of the molecule is Cc1ccc(C(=O)Nc2ccnc(CCN(C(=O)OC(C)(C)C)c3ccccc3)c2)c(N2CCCCC2)n1. The number of aromatic nitrogens is 2. The van der Waals surface area contributed by atoms with E-state index in [1.54, 1.807) is 17.2 Å². The van der Waals surface area contributed by atoms with Gasteiger partial charge in [0, 0.05) is 55.0 Å². The van der Waals surface area contributed by atoms with Crippen LogP contribution in [0.1, 0.15) is 61.8 Å². The molecule has 1 saturated heterocycles. The predicted molar refractivity (Wildman–Crippen MR) is 151 cm³/mol. The van der Waals surface area contributed by atoms with Crippen molar-refractivity contribution in [3.8, 4) is 0 Å². The molecule has 0 atom stereocenters. The minimum atomic E-state index is -0.607. The quantitative estimate of drug-likeness (QED) is 0.415. The number of pyridine rings is 2. The summed E-state index contributed by atoms with van der Waals surface area (Å²) in [7, 11) is 0. The number of aryl methyl sites for hydroxylation is 1. The Labute approximate surface area is 225 Å². The molecular formula is C30H37N5O3. The smallest absolute Gasteiger partial charge is 0.414 e. The van der Waals surface area contributed by atoms with Gasteiger partial charge >= 0.3 is 6.09 Å². The van der Waals surface area contributed by atoms with Crippen molar-refractivity contribution in [2.45, 2.75) is 59.0 Å². The van der Waals surface area contributed by atoms with Crippen molar-refractivity contribution in [2.75, 3.05) is 34.8 Å². The first-order chi connectivity index (χ1) is 18.2. The third kappa shape index (κ3) is 7.31. The minimum absolute atomic E-state index is 0.199. The largest absolute Gasteiger partial charge is 0.443 e. The number of carbonyl (C=O) groups is 2. The van der Waals surface area contributed by atoms with Crippen molar-refractivity contribution in [1.82, 2.24) is 9.97 Å². The fourth-order valence-electron chi connectivity index (χ4n) is 4.44. The lowest BCUT2D eigenvalue weighted by Gasteiger charge is -2.29. The summed E-state index contributed by atoms with van der Waals surface area (Å²) in [5.74, 6) is 0.544. The molecule has 0 spiro atoms. The van der Waals surface area contributed by atoms with E-state index >= 15 is 0 Å². The molecule has 8 nitrogen and oxygen atoms in total. The van der Waals surface area contributed by atoms with E-state index in [1.807, 2.05) is 76.2 Å². The van der Waals surface area contributed by atoms with Gasteiger partial charge in [0.15, 0.2) is 0 Å². The number of amides is 2. The van der Waals surface area contributed by atoms with E-state index < -0.39 is 11.7 Å². The molecule has 2 amide bonds. The molecular weight excluding hydrogens is 478 g/mol. The van der Waals surface area contributed by atoms with Crippen LogP contribution in [0.3, 0.4) is 0 Å². The number of anilines is 3. The Balaban J connectivity index is 1.47. The fraction of sp³-hybridized carbons (Fsp3) is 0.400. The summed E-state index contributed by atoms with van der Waals surface area (Å²) in [6.45, 7) is 9.69. The predicted octanol–water partition coefficient (Wildman–Crippen LogP) is 6.01. The molecule has 0 unspecified atom stereocenters. The fourth-order valence-corrected chi connectivity index (χ4v) is 4.44. The van der Waals surface area contributed by atoms with Gasteiger partial charge in [0.2, 0.25) is 0 Å². The average Bonchev–Trinajstić information content (AvgIpc) is 2.89. The van der Waals surface area contributed by atoms with Crippen molar-refractivity contribution in [3.05, 3.63) is 77.7 Å². The number of para-hydroxylation sites is 1. The molecule has 3 aromatic rings. The van der Waals surface area contributed by atoms with E-state index in [2.05, 4.69) is 15.2 Å². The van der Waals surface area contributed by atoms with Crippen LogP contribution < -0.4 is 15.1 Å². The molecule has 1 aliphatic heterocycles. The summed E-state index contributed by atoms with van der Waals surface area (Å²) in [5, 5.41) is 3.02. The molecule has 1 aliphatic rings. The number of benzene rings is 1. The van der Waals surface area contributed by atoms with Crippen molar-refractivity contribution in [1.29, 1.82) is 0 Å². The van der Waals surface area contributed by atoms with Gasteiger partial charge in [0.25, 0.3) is 5.91 Å². The second-order valence-corrected chi connectivity index (χ2v) is 10.6. The molecule has 38 heavy (non-hydrogen) atoms. The Kier molecular flexibility index (Phi) is 8.61. The van der Waals surface area contributed by atoms with Crippen molar-refractivity contribution in [2.24, 2.45) is 0 Å². The lowest BCUT2D eigenvalue weighted by molar-refractivity contribution is 0.0580. The first-order valence-electron chi connectivity index (χ1n) is 13.2. The van der Waals surface area contributed by atoms with Crippen LogP contribution >= 0.6 is 0 Å². The van der Waals surface area contributed by atoms with Crippen LogP contribution in [-0.2, 0) is 11.2 Å². The van der Waals surface area contributed by atoms with Gasteiger partial charge < -0.3 is 15.0 Å². The normalized spacial score (nSPS) is 13.6. The summed E-state index contributed by atoms with van der Waals surface area (Å²) in [6, 6.07) is 16.8. The maximum Gasteiger partial charge on any atom is 0.414 e. The molecule has 0 aliphatic carbocycles. The summed E-state index contributed by atoms with van der Waals surface area (Å²) in [5.41, 5.74) is 3.00. The van der Waals surface area contributed by atoms with Gasteiger partial charge in [-0.25, -0.2) is 9.78 Å². The van der Waals surface area contributed by atoms with Crippen molar-refractivity contribution in [3.63, 3.8) is 0 Å². The molecule has 4 rings (SSSR count). The molecule has 0 saturated carbocycles. The third-order valence-electron chi connectivity index (χ3n) is 6.26. The topological polar surface area (TPSA) is 87.7 Å². The van der Waals surface area contributed by atoms with Crippen molar-refractivity contribution < 1.29 is 14.3 Å². The molecule has 8 heteroatoms. The molecule has 200 valence electrons. The van der Waals surface area contributed by atoms with Crippen LogP contribution in [0.25, 0.3) is 0 Å². The number of piperidine rings is 1. The van der Waals surface area contributed by atoms with Gasteiger partial charge in [-0.3, -0.25) is 14.7 Å². The van der Waals surface area contributed by atoms with E-state index in [1.165, 1.54) is 6.42 Å². The Morgan fingerprint density at radius 2 is 1.76 bits per heavy atom. The summed E-state index contributed by atoms with van der Waals surface area (Å²) < 4.78 is 5.64. The number of rotatable bonds is 7.